The molecule has 1 amide bonds. The lowest BCUT2D eigenvalue weighted by Gasteiger charge is -2.25. The van der Waals surface area contributed by atoms with Gasteiger partial charge in [0.15, 0.2) is 5.96 Å². The van der Waals surface area contributed by atoms with Crippen molar-refractivity contribution in [3.8, 4) is 0 Å². The topological polar surface area (TPSA) is 65.5 Å². The molecule has 5 heteroatoms. The lowest BCUT2D eigenvalue weighted by Crippen LogP contribution is -2.51. The predicted octanol–water partition coefficient (Wildman–Crippen LogP) is 2.17. The second-order valence-electron chi connectivity index (χ2n) is 6.06. The molecule has 1 fully saturated rings. The molecule has 2 aromatic carbocycles. The Hall–Kier alpha value is -2.56. The van der Waals surface area contributed by atoms with Crippen LogP contribution in [0.2, 0.25) is 0 Å². The first-order valence-corrected chi connectivity index (χ1v) is 8.54. The maximum Gasteiger partial charge on any atom is 0.220 e. The molecule has 0 saturated carbocycles. The Labute approximate surface area is 142 Å². The van der Waals surface area contributed by atoms with Gasteiger partial charge in [0.1, 0.15) is 0 Å². The highest BCUT2D eigenvalue weighted by Crippen LogP contribution is 2.16. The van der Waals surface area contributed by atoms with Crippen molar-refractivity contribution in [1.82, 2.24) is 16.0 Å². The Bertz CT molecular complexity index is 731. The molecule has 0 spiro atoms. The fraction of sp³-hybridized carbons (Fsp3) is 0.368. The summed E-state index contributed by atoms with van der Waals surface area (Å²) in [5.41, 5.74) is 1.18. The highest BCUT2D eigenvalue weighted by atomic mass is 16.1. The van der Waals surface area contributed by atoms with Gasteiger partial charge in [-0.2, -0.15) is 0 Å². The molecule has 126 valence electrons. The van der Waals surface area contributed by atoms with Crippen molar-refractivity contribution in [3.63, 3.8) is 0 Å². The minimum absolute atomic E-state index is 0.131. The number of hydrogen-bond acceptors (Lipinski definition) is 2. The number of nitrogens with zero attached hydrogens (tertiary/aromatic N) is 1. The van der Waals surface area contributed by atoms with E-state index in [1.165, 1.54) is 16.3 Å². The molecule has 1 saturated heterocycles. The maximum absolute atomic E-state index is 11.3. The first-order valence-electron chi connectivity index (χ1n) is 8.54. The van der Waals surface area contributed by atoms with Crippen LogP contribution in [-0.4, -0.2) is 31.0 Å². The van der Waals surface area contributed by atoms with E-state index < -0.39 is 0 Å². The van der Waals surface area contributed by atoms with Gasteiger partial charge in [-0.25, -0.2) is 4.99 Å². The third kappa shape index (κ3) is 4.25. The van der Waals surface area contributed by atoms with Crippen LogP contribution in [0.5, 0.6) is 0 Å². The standard InChI is InChI=1S/C19H24N4O/c1-2-20-19(23-17-9-10-18(24)21-13-17)22-12-14-7-8-15-5-3-4-6-16(15)11-14/h3-8,11,17H,2,9-10,12-13H2,1H3,(H,21,24)(H2,20,22,23). The molecule has 0 aromatic heterocycles. The average Bonchev–Trinajstić information content (AvgIpc) is 2.61. The number of carbonyl (C=O) groups is 1. The van der Waals surface area contributed by atoms with Gasteiger partial charge in [0.2, 0.25) is 5.91 Å². The molecule has 1 atom stereocenters. The number of rotatable bonds is 4. The number of piperidine rings is 1. The fourth-order valence-electron chi connectivity index (χ4n) is 2.88. The number of nitrogens with one attached hydrogen (secondary N) is 3. The van der Waals surface area contributed by atoms with Gasteiger partial charge in [-0.05, 0) is 35.7 Å². The number of carbonyl (C=O) groups excluding carboxylic acids is 1. The van der Waals surface area contributed by atoms with Gasteiger partial charge in [0.05, 0.1) is 6.54 Å². The van der Waals surface area contributed by atoms with Crippen LogP contribution in [0.1, 0.15) is 25.3 Å². The molecule has 1 aliphatic rings. The molecule has 0 radical (unpaired) electrons. The summed E-state index contributed by atoms with van der Waals surface area (Å²) in [6.07, 6.45) is 1.41. The Balaban J connectivity index is 1.66. The molecule has 24 heavy (non-hydrogen) atoms. The molecule has 5 nitrogen and oxygen atoms in total. The summed E-state index contributed by atoms with van der Waals surface area (Å²) in [5, 5.41) is 12.1. The number of fused-ring (bicyclic) bond motifs is 1. The van der Waals surface area contributed by atoms with Gasteiger partial charge >= 0.3 is 0 Å². The first-order chi connectivity index (χ1) is 11.7. The van der Waals surface area contributed by atoms with Crippen LogP contribution >= 0.6 is 0 Å². The number of benzene rings is 2. The summed E-state index contributed by atoms with van der Waals surface area (Å²) in [7, 11) is 0. The van der Waals surface area contributed by atoms with Crippen LogP contribution in [-0.2, 0) is 11.3 Å². The summed E-state index contributed by atoms with van der Waals surface area (Å²) in [5.74, 6) is 0.929. The minimum Gasteiger partial charge on any atom is -0.357 e. The molecular formula is C19H24N4O. The summed E-state index contributed by atoms with van der Waals surface area (Å²) >= 11 is 0. The maximum atomic E-state index is 11.3. The number of aliphatic imine (C=N–C) groups is 1. The molecule has 0 bridgehead atoms. The second kappa shape index (κ2) is 7.81. The molecule has 1 unspecified atom stereocenters. The number of guanidine groups is 1. The zero-order chi connectivity index (χ0) is 16.8. The minimum atomic E-state index is 0.131. The van der Waals surface area contributed by atoms with Gasteiger partial charge < -0.3 is 16.0 Å². The lowest BCUT2D eigenvalue weighted by molar-refractivity contribution is -0.122. The van der Waals surface area contributed by atoms with Gasteiger partial charge in [0, 0.05) is 25.6 Å². The monoisotopic (exact) mass is 324 g/mol. The van der Waals surface area contributed by atoms with Gasteiger partial charge in [-0.3, -0.25) is 4.79 Å². The van der Waals surface area contributed by atoms with Gasteiger partial charge in [-0.15, -0.1) is 0 Å². The third-order valence-corrected chi connectivity index (χ3v) is 4.18. The van der Waals surface area contributed by atoms with E-state index in [0.717, 1.165) is 18.9 Å². The zero-order valence-electron chi connectivity index (χ0n) is 14.0. The van der Waals surface area contributed by atoms with Crippen molar-refractivity contribution in [1.29, 1.82) is 0 Å². The first kappa shape index (κ1) is 16.3. The fourth-order valence-corrected chi connectivity index (χ4v) is 2.88. The third-order valence-electron chi connectivity index (χ3n) is 4.18. The van der Waals surface area contributed by atoms with E-state index in [-0.39, 0.29) is 11.9 Å². The number of amides is 1. The second-order valence-corrected chi connectivity index (χ2v) is 6.06. The van der Waals surface area contributed by atoms with E-state index in [0.29, 0.717) is 19.5 Å². The van der Waals surface area contributed by atoms with Crippen LogP contribution in [0.15, 0.2) is 47.5 Å². The van der Waals surface area contributed by atoms with Crippen molar-refractivity contribution < 1.29 is 4.79 Å². The van der Waals surface area contributed by atoms with E-state index >= 15 is 0 Å². The smallest absolute Gasteiger partial charge is 0.220 e. The Morgan fingerprint density at radius 1 is 1.25 bits per heavy atom. The van der Waals surface area contributed by atoms with Crippen molar-refractivity contribution >= 4 is 22.6 Å². The SMILES string of the molecule is CCNC(=NCc1ccc2ccccc2c1)NC1CCC(=O)NC1. The van der Waals surface area contributed by atoms with E-state index in [1.807, 2.05) is 0 Å². The predicted molar refractivity (Wildman–Crippen MR) is 97.9 cm³/mol. The summed E-state index contributed by atoms with van der Waals surface area (Å²) in [6, 6.07) is 15.0. The zero-order valence-corrected chi connectivity index (χ0v) is 14.0. The van der Waals surface area contributed by atoms with E-state index in [1.54, 1.807) is 0 Å². The summed E-state index contributed by atoms with van der Waals surface area (Å²) < 4.78 is 0. The van der Waals surface area contributed by atoms with E-state index in [9.17, 15) is 4.79 Å². The van der Waals surface area contributed by atoms with Crippen molar-refractivity contribution in [2.75, 3.05) is 13.1 Å². The lowest BCUT2D eigenvalue weighted by atomic mass is 10.1. The van der Waals surface area contributed by atoms with Crippen LogP contribution in [0.3, 0.4) is 0 Å². The molecule has 0 aliphatic carbocycles. The van der Waals surface area contributed by atoms with Crippen molar-refractivity contribution in [3.05, 3.63) is 48.0 Å². The summed E-state index contributed by atoms with van der Waals surface area (Å²) in [6.45, 7) is 4.14. The van der Waals surface area contributed by atoms with E-state index in [4.69, 9.17) is 0 Å². The highest BCUT2D eigenvalue weighted by molar-refractivity contribution is 5.83. The van der Waals surface area contributed by atoms with Crippen LogP contribution < -0.4 is 16.0 Å². The van der Waals surface area contributed by atoms with Crippen LogP contribution in [0.4, 0.5) is 0 Å². The quantitative estimate of drug-likeness (QED) is 0.596. The van der Waals surface area contributed by atoms with E-state index in [2.05, 4.69) is 70.3 Å². The van der Waals surface area contributed by atoms with Gasteiger partial charge in [-0.1, -0.05) is 36.4 Å². The van der Waals surface area contributed by atoms with Crippen molar-refractivity contribution in [2.45, 2.75) is 32.4 Å². The van der Waals surface area contributed by atoms with Crippen LogP contribution in [0, 0.1) is 0 Å². The normalized spacial score (nSPS) is 18.3. The number of hydrogen-bond donors (Lipinski definition) is 3. The molecule has 1 heterocycles. The van der Waals surface area contributed by atoms with Gasteiger partial charge in [0.25, 0.3) is 0 Å². The highest BCUT2D eigenvalue weighted by Gasteiger charge is 2.18. The molecule has 1 aliphatic heterocycles. The average molecular weight is 324 g/mol. The summed E-state index contributed by atoms with van der Waals surface area (Å²) in [4.78, 5) is 15.9. The molecule has 3 N–H and O–H groups in total. The molecule has 2 aromatic rings. The Morgan fingerprint density at radius 2 is 2.08 bits per heavy atom. The van der Waals surface area contributed by atoms with Crippen molar-refractivity contribution in [2.24, 2.45) is 4.99 Å². The van der Waals surface area contributed by atoms with Crippen LogP contribution in [0.25, 0.3) is 10.8 Å². The molecular weight excluding hydrogens is 300 g/mol. The molecule has 3 rings (SSSR count). The Kier molecular flexibility index (Phi) is 5.31. The largest absolute Gasteiger partial charge is 0.357 e. The Morgan fingerprint density at radius 3 is 2.83 bits per heavy atom.